The third-order valence-electron chi connectivity index (χ3n) is 4.42. The Kier molecular flexibility index (Phi) is 7.16. The van der Waals surface area contributed by atoms with E-state index in [4.69, 9.17) is 37.4 Å². The number of imidazole rings is 1. The van der Waals surface area contributed by atoms with Crippen LogP contribution < -0.4 is 5.32 Å². The standard InChI is InChI=1S/C19H22BrCl2N3O5/c1-8(2)23-19-24-13-5-11(21)12(22)6-14(13)25(19)18-17(29-10(4)27)16(20)15(30-18)7-28-9(3)26/h5-6,8,15-18H,7H2,1-4H3,(H,23,24)/t15-,16-,17-,18-/m0/s1. The summed E-state index contributed by atoms with van der Waals surface area (Å²) in [6, 6.07) is 3.42. The van der Waals surface area contributed by atoms with E-state index in [1.807, 2.05) is 13.8 Å². The van der Waals surface area contributed by atoms with Crippen LogP contribution in [-0.4, -0.2) is 51.2 Å². The summed E-state index contributed by atoms with van der Waals surface area (Å²) in [6.45, 7) is 6.59. The summed E-state index contributed by atoms with van der Waals surface area (Å²) in [4.78, 5) is 27.3. The Morgan fingerprint density at radius 3 is 2.53 bits per heavy atom. The molecule has 1 aromatic heterocycles. The first-order valence-electron chi connectivity index (χ1n) is 9.32. The van der Waals surface area contributed by atoms with Crippen molar-refractivity contribution in [3.8, 4) is 0 Å². The number of carbonyl (C=O) groups is 2. The van der Waals surface area contributed by atoms with E-state index < -0.39 is 35.2 Å². The average molecular weight is 523 g/mol. The maximum absolute atomic E-state index is 11.8. The lowest BCUT2D eigenvalue weighted by Crippen LogP contribution is -2.33. The fourth-order valence-electron chi connectivity index (χ4n) is 3.26. The number of rotatable bonds is 6. The number of ether oxygens (including phenoxy) is 3. The van der Waals surface area contributed by atoms with E-state index in [0.29, 0.717) is 27.0 Å². The predicted molar refractivity (Wildman–Crippen MR) is 117 cm³/mol. The van der Waals surface area contributed by atoms with Gasteiger partial charge in [-0.3, -0.25) is 14.2 Å². The highest BCUT2D eigenvalue weighted by atomic mass is 79.9. The molecule has 0 unspecified atom stereocenters. The van der Waals surface area contributed by atoms with Crippen molar-refractivity contribution in [1.82, 2.24) is 9.55 Å². The van der Waals surface area contributed by atoms with Gasteiger partial charge in [-0.1, -0.05) is 39.1 Å². The van der Waals surface area contributed by atoms with Crippen LogP contribution in [0.25, 0.3) is 11.0 Å². The Balaban J connectivity index is 2.10. The van der Waals surface area contributed by atoms with Crippen LogP contribution in [0, 0.1) is 0 Å². The van der Waals surface area contributed by atoms with E-state index >= 15 is 0 Å². The lowest BCUT2D eigenvalue weighted by Gasteiger charge is -2.24. The summed E-state index contributed by atoms with van der Waals surface area (Å²) in [5.74, 6) is -0.383. The van der Waals surface area contributed by atoms with E-state index in [1.54, 1.807) is 16.7 Å². The maximum atomic E-state index is 11.8. The fourth-order valence-corrected chi connectivity index (χ4v) is 4.22. The molecule has 1 aliphatic rings. The third kappa shape index (κ3) is 4.85. The van der Waals surface area contributed by atoms with Gasteiger partial charge in [-0.05, 0) is 26.0 Å². The Labute approximate surface area is 192 Å². The largest absolute Gasteiger partial charge is 0.463 e. The van der Waals surface area contributed by atoms with Crippen molar-refractivity contribution in [3.05, 3.63) is 22.2 Å². The molecule has 2 aromatic rings. The van der Waals surface area contributed by atoms with Gasteiger partial charge in [-0.25, -0.2) is 4.98 Å². The number of aromatic nitrogens is 2. The maximum Gasteiger partial charge on any atom is 0.303 e. The van der Waals surface area contributed by atoms with Crippen LogP contribution >= 0.6 is 39.1 Å². The molecule has 1 N–H and O–H groups in total. The van der Waals surface area contributed by atoms with E-state index in [9.17, 15) is 9.59 Å². The quantitative estimate of drug-likeness (QED) is 0.446. The van der Waals surface area contributed by atoms with Crippen LogP contribution in [0.3, 0.4) is 0 Å². The van der Waals surface area contributed by atoms with Gasteiger partial charge in [0.05, 0.1) is 25.9 Å². The van der Waals surface area contributed by atoms with Crippen molar-refractivity contribution in [2.45, 2.75) is 57.0 Å². The number of carbonyl (C=O) groups excluding carboxylic acids is 2. The zero-order chi connectivity index (χ0) is 22.2. The summed E-state index contributed by atoms with van der Waals surface area (Å²) in [7, 11) is 0. The summed E-state index contributed by atoms with van der Waals surface area (Å²) in [5, 5.41) is 4.01. The van der Waals surface area contributed by atoms with E-state index in [-0.39, 0.29) is 12.6 Å². The van der Waals surface area contributed by atoms with Gasteiger partial charge in [0.2, 0.25) is 5.95 Å². The molecule has 0 saturated carbocycles. The minimum atomic E-state index is -0.748. The van der Waals surface area contributed by atoms with Gasteiger partial charge in [-0.2, -0.15) is 0 Å². The van der Waals surface area contributed by atoms with Crippen molar-refractivity contribution < 1.29 is 23.8 Å². The lowest BCUT2D eigenvalue weighted by atomic mass is 10.2. The van der Waals surface area contributed by atoms with Crippen LogP contribution in [-0.2, 0) is 23.8 Å². The Morgan fingerprint density at radius 1 is 1.27 bits per heavy atom. The van der Waals surface area contributed by atoms with Crippen LogP contribution in [0.5, 0.6) is 0 Å². The van der Waals surface area contributed by atoms with Crippen LogP contribution in [0.2, 0.25) is 10.0 Å². The Hall–Kier alpha value is -1.55. The zero-order valence-electron chi connectivity index (χ0n) is 16.8. The lowest BCUT2D eigenvalue weighted by molar-refractivity contribution is -0.152. The summed E-state index contributed by atoms with van der Waals surface area (Å²) < 4.78 is 18.7. The average Bonchev–Trinajstić information content (AvgIpc) is 3.10. The van der Waals surface area contributed by atoms with E-state index in [1.165, 1.54) is 13.8 Å². The summed E-state index contributed by atoms with van der Waals surface area (Å²) >= 11 is 16.0. The van der Waals surface area contributed by atoms with Crippen molar-refractivity contribution >= 4 is 68.1 Å². The fraction of sp³-hybridized carbons (Fsp3) is 0.526. The van der Waals surface area contributed by atoms with Crippen LogP contribution in [0.4, 0.5) is 5.95 Å². The highest BCUT2D eigenvalue weighted by Crippen LogP contribution is 2.41. The molecule has 0 bridgehead atoms. The molecular weight excluding hydrogens is 501 g/mol. The van der Waals surface area contributed by atoms with Crippen molar-refractivity contribution in [2.24, 2.45) is 0 Å². The molecule has 164 valence electrons. The number of halogens is 3. The minimum Gasteiger partial charge on any atom is -0.463 e. The van der Waals surface area contributed by atoms with Crippen LogP contribution in [0.1, 0.15) is 33.9 Å². The van der Waals surface area contributed by atoms with Gasteiger partial charge in [0.25, 0.3) is 0 Å². The van der Waals surface area contributed by atoms with Gasteiger partial charge >= 0.3 is 11.9 Å². The van der Waals surface area contributed by atoms with Crippen molar-refractivity contribution in [2.75, 3.05) is 11.9 Å². The number of anilines is 1. The van der Waals surface area contributed by atoms with Gasteiger partial charge in [0, 0.05) is 19.9 Å². The molecule has 4 atom stereocenters. The molecule has 1 fully saturated rings. The first-order chi connectivity index (χ1) is 14.1. The number of nitrogens with zero attached hydrogens (tertiary/aromatic N) is 2. The summed E-state index contributed by atoms with van der Waals surface area (Å²) in [5.41, 5.74) is 1.26. The Bertz CT molecular complexity index is 967. The minimum absolute atomic E-state index is 0.00563. The second kappa shape index (κ2) is 9.30. The molecule has 1 saturated heterocycles. The molecule has 1 aromatic carbocycles. The molecule has 0 radical (unpaired) electrons. The molecule has 8 nitrogen and oxygen atoms in total. The van der Waals surface area contributed by atoms with Crippen molar-refractivity contribution in [3.63, 3.8) is 0 Å². The first kappa shape index (κ1) is 23.1. The number of hydrogen-bond donors (Lipinski definition) is 1. The second-order valence-electron chi connectivity index (χ2n) is 7.25. The Morgan fingerprint density at radius 2 is 1.93 bits per heavy atom. The van der Waals surface area contributed by atoms with Crippen molar-refractivity contribution in [1.29, 1.82) is 0 Å². The highest BCUT2D eigenvalue weighted by molar-refractivity contribution is 9.09. The predicted octanol–water partition coefficient (Wildman–Crippen LogP) is 4.32. The number of hydrogen-bond acceptors (Lipinski definition) is 7. The molecule has 30 heavy (non-hydrogen) atoms. The SMILES string of the molecule is CC(=O)OC[C@@H]1O[C@H](n2c(NC(C)C)nc3cc(Cl)c(Cl)cc32)[C@@H](OC(C)=O)[C@H]1Br. The highest BCUT2D eigenvalue weighted by Gasteiger charge is 2.48. The first-order valence-corrected chi connectivity index (χ1v) is 11.0. The molecule has 1 aliphatic heterocycles. The van der Waals surface area contributed by atoms with Gasteiger partial charge in [-0.15, -0.1) is 0 Å². The number of alkyl halides is 1. The van der Waals surface area contributed by atoms with E-state index in [0.717, 1.165) is 0 Å². The molecule has 0 spiro atoms. The zero-order valence-corrected chi connectivity index (χ0v) is 19.9. The number of benzene rings is 1. The topological polar surface area (TPSA) is 91.7 Å². The second-order valence-corrected chi connectivity index (χ2v) is 9.12. The number of esters is 2. The normalized spacial score (nSPS) is 23.7. The van der Waals surface area contributed by atoms with Crippen LogP contribution in [0.15, 0.2) is 12.1 Å². The monoisotopic (exact) mass is 521 g/mol. The summed E-state index contributed by atoms with van der Waals surface area (Å²) in [6.07, 6.45) is -2.00. The molecule has 11 heteroatoms. The van der Waals surface area contributed by atoms with Gasteiger partial charge < -0.3 is 19.5 Å². The van der Waals surface area contributed by atoms with Gasteiger partial charge in [0.15, 0.2) is 12.3 Å². The molecule has 0 aliphatic carbocycles. The molecule has 3 rings (SSSR count). The number of fused-ring (bicyclic) bond motifs is 1. The van der Waals surface area contributed by atoms with E-state index in [2.05, 4.69) is 26.2 Å². The molecular formula is C19H22BrCl2N3O5. The smallest absolute Gasteiger partial charge is 0.303 e. The molecule has 2 heterocycles. The van der Waals surface area contributed by atoms with Gasteiger partial charge in [0.1, 0.15) is 12.7 Å². The molecule has 0 amide bonds. The number of nitrogens with one attached hydrogen (secondary N) is 1. The third-order valence-corrected chi connectivity index (χ3v) is 6.25.